The summed E-state index contributed by atoms with van der Waals surface area (Å²) in [6.45, 7) is 7.16. The normalized spacial score (nSPS) is 51.7. The van der Waals surface area contributed by atoms with Crippen LogP contribution in [0.25, 0.3) is 0 Å². The summed E-state index contributed by atoms with van der Waals surface area (Å²) in [5.74, 6) is 2.36. The van der Waals surface area contributed by atoms with Crippen molar-refractivity contribution in [2.24, 2.45) is 46.3 Å². The van der Waals surface area contributed by atoms with Gasteiger partial charge in [0.25, 0.3) is 0 Å². The summed E-state index contributed by atoms with van der Waals surface area (Å²) >= 11 is 0. The van der Waals surface area contributed by atoms with Crippen molar-refractivity contribution in [2.45, 2.75) is 97.2 Å². The number of hydrogen-bond acceptors (Lipinski definition) is 3. The molecular weight excluding hydrogens is 352 g/mol. The zero-order valence-electron chi connectivity index (χ0n) is 17.9. The molecule has 0 saturated heterocycles. The lowest BCUT2D eigenvalue weighted by molar-refractivity contribution is -0.174. The van der Waals surface area contributed by atoms with E-state index in [0.29, 0.717) is 35.5 Å². The summed E-state index contributed by atoms with van der Waals surface area (Å²) in [4.78, 5) is 11.1. The molecule has 4 aliphatic rings. The number of aliphatic hydroxyl groups is 2. The maximum Gasteiger partial charge on any atom is 0.303 e. The first-order valence-electron chi connectivity index (χ1n) is 11.7. The second kappa shape index (κ2) is 7.27. The van der Waals surface area contributed by atoms with E-state index >= 15 is 0 Å². The van der Waals surface area contributed by atoms with E-state index in [1.165, 1.54) is 25.7 Å². The first-order chi connectivity index (χ1) is 13.2. The number of carboxylic acid groups (broad SMARTS) is 1. The molecule has 0 aromatic carbocycles. The molecule has 0 spiro atoms. The van der Waals surface area contributed by atoms with E-state index in [9.17, 15) is 15.0 Å². The molecule has 3 N–H and O–H groups in total. The van der Waals surface area contributed by atoms with Crippen molar-refractivity contribution in [3.8, 4) is 0 Å². The largest absolute Gasteiger partial charge is 0.481 e. The highest BCUT2D eigenvalue weighted by atomic mass is 16.4. The number of aliphatic hydroxyl groups excluding tert-OH is 2. The first kappa shape index (κ1) is 20.7. The van der Waals surface area contributed by atoms with E-state index in [4.69, 9.17) is 5.11 Å². The maximum atomic E-state index is 11.2. The van der Waals surface area contributed by atoms with Gasteiger partial charge >= 0.3 is 5.97 Å². The van der Waals surface area contributed by atoms with Crippen molar-refractivity contribution in [1.29, 1.82) is 0 Å². The van der Waals surface area contributed by atoms with Crippen LogP contribution in [0.1, 0.15) is 85.0 Å². The van der Waals surface area contributed by atoms with Crippen LogP contribution in [0.3, 0.4) is 0 Å². The van der Waals surface area contributed by atoms with Gasteiger partial charge in [-0.05, 0) is 104 Å². The quantitative estimate of drug-likeness (QED) is 0.659. The van der Waals surface area contributed by atoms with Gasteiger partial charge in [0.2, 0.25) is 0 Å². The van der Waals surface area contributed by atoms with Gasteiger partial charge in [-0.25, -0.2) is 0 Å². The molecule has 160 valence electrons. The van der Waals surface area contributed by atoms with E-state index in [2.05, 4.69) is 20.8 Å². The minimum Gasteiger partial charge on any atom is -0.481 e. The van der Waals surface area contributed by atoms with E-state index in [1.807, 2.05) is 0 Å². The minimum absolute atomic E-state index is 0.179. The van der Waals surface area contributed by atoms with Crippen molar-refractivity contribution >= 4 is 5.97 Å². The minimum atomic E-state index is -0.684. The molecule has 6 unspecified atom stereocenters. The highest BCUT2D eigenvalue weighted by molar-refractivity contribution is 5.66. The Bertz CT molecular complexity index is 605. The third kappa shape index (κ3) is 3.14. The van der Waals surface area contributed by atoms with Gasteiger partial charge in [0, 0.05) is 6.42 Å². The SMILES string of the molecule is C[C@H](CCC(=O)O)C1CCC2C3C(O)CC4C[C@H](O)CC[C@]4(C)C3CC[C@@]21C. The molecule has 0 bridgehead atoms. The van der Waals surface area contributed by atoms with Gasteiger partial charge in [0.15, 0.2) is 0 Å². The Balaban J connectivity index is 1.55. The molecule has 0 aromatic rings. The average Bonchev–Trinajstić information content (AvgIpc) is 2.98. The first-order valence-corrected chi connectivity index (χ1v) is 11.7. The van der Waals surface area contributed by atoms with Crippen LogP contribution in [0.15, 0.2) is 0 Å². The lowest BCUT2D eigenvalue weighted by Gasteiger charge is -2.62. The highest BCUT2D eigenvalue weighted by Gasteiger charge is 2.62. The van der Waals surface area contributed by atoms with Gasteiger partial charge in [-0.1, -0.05) is 20.8 Å². The summed E-state index contributed by atoms with van der Waals surface area (Å²) in [5, 5.41) is 30.5. The fourth-order valence-corrected chi connectivity index (χ4v) is 8.73. The molecule has 10 atom stereocenters. The van der Waals surface area contributed by atoms with Crippen LogP contribution in [0, 0.1) is 46.3 Å². The highest BCUT2D eigenvalue weighted by Crippen LogP contribution is 2.68. The van der Waals surface area contributed by atoms with Crippen molar-refractivity contribution < 1.29 is 20.1 Å². The number of rotatable bonds is 4. The molecular formula is C24H40O4. The third-order valence-corrected chi connectivity index (χ3v) is 10.2. The Morgan fingerprint density at radius 3 is 2.39 bits per heavy atom. The van der Waals surface area contributed by atoms with Crippen LogP contribution in [0.4, 0.5) is 0 Å². The Labute approximate surface area is 170 Å². The predicted molar refractivity (Wildman–Crippen MR) is 109 cm³/mol. The zero-order valence-corrected chi connectivity index (χ0v) is 17.9. The summed E-state index contributed by atoms with van der Waals surface area (Å²) in [7, 11) is 0. The fourth-order valence-electron chi connectivity index (χ4n) is 8.73. The Morgan fingerprint density at radius 1 is 1.00 bits per heavy atom. The Kier molecular flexibility index (Phi) is 5.36. The van der Waals surface area contributed by atoms with E-state index in [-0.39, 0.29) is 29.5 Å². The second-order valence-electron chi connectivity index (χ2n) is 11.4. The average molecular weight is 393 g/mol. The van der Waals surface area contributed by atoms with Crippen molar-refractivity contribution in [3.05, 3.63) is 0 Å². The van der Waals surface area contributed by atoms with Crippen LogP contribution in [-0.4, -0.2) is 33.5 Å². The van der Waals surface area contributed by atoms with Crippen LogP contribution in [0.2, 0.25) is 0 Å². The molecule has 0 amide bonds. The van der Waals surface area contributed by atoms with Crippen molar-refractivity contribution in [3.63, 3.8) is 0 Å². The molecule has 28 heavy (non-hydrogen) atoms. The molecule has 4 nitrogen and oxygen atoms in total. The zero-order chi connectivity index (χ0) is 20.3. The number of carboxylic acids is 1. The summed E-state index contributed by atoms with van der Waals surface area (Å²) < 4.78 is 0. The van der Waals surface area contributed by atoms with Gasteiger partial charge in [-0.15, -0.1) is 0 Å². The lowest BCUT2D eigenvalue weighted by atomic mass is 9.43. The maximum absolute atomic E-state index is 11.2. The summed E-state index contributed by atoms with van der Waals surface area (Å²) in [5.41, 5.74) is 0.523. The molecule has 4 saturated carbocycles. The van der Waals surface area contributed by atoms with E-state index in [1.54, 1.807) is 0 Å². The van der Waals surface area contributed by atoms with Gasteiger partial charge in [0.1, 0.15) is 0 Å². The monoisotopic (exact) mass is 392 g/mol. The van der Waals surface area contributed by atoms with Gasteiger partial charge in [-0.2, -0.15) is 0 Å². The van der Waals surface area contributed by atoms with Crippen molar-refractivity contribution in [2.75, 3.05) is 0 Å². The molecule has 4 heteroatoms. The number of fused-ring (bicyclic) bond motifs is 5. The Hall–Kier alpha value is -0.610. The molecule has 4 fully saturated rings. The molecule has 0 aromatic heterocycles. The molecule has 4 rings (SSSR count). The van der Waals surface area contributed by atoms with Gasteiger partial charge in [-0.3, -0.25) is 4.79 Å². The van der Waals surface area contributed by atoms with Crippen LogP contribution >= 0.6 is 0 Å². The third-order valence-electron chi connectivity index (χ3n) is 10.2. The number of carbonyl (C=O) groups is 1. The van der Waals surface area contributed by atoms with Gasteiger partial charge in [0.05, 0.1) is 12.2 Å². The molecule has 0 aliphatic heterocycles. The smallest absolute Gasteiger partial charge is 0.303 e. The molecule has 4 aliphatic carbocycles. The standard InChI is InChI=1S/C24H40O4/c1-14(4-7-21(27)28)17-5-6-18-22-19(9-11-24(17,18)3)23(2)10-8-16(25)12-15(23)13-20(22)26/h14-20,22,25-26H,4-13H2,1-3H3,(H,27,28)/t14-,15?,16-,17?,18?,19?,20?,22?,23+,24-/m1/s1. The number of hydrogen-bond donors (Lipinski definition) is 3. The van der Waals surface area contributed by atoms with Crippen LogP contribution in [0.5, 0.6) is 0 Å². The Morgan fingerprint density at radius 2 is 1.68 bits per heavy atom. The molecule has 0 heterocycles. The lowest BCUT2D eigenvalue weighted by Crippen LogP contribution is -2.58. The number of aliphatic carboxylic acids is 1. The fraction of sp³-hybridized carbons (Fsp3) is 0.958. The predicted octanol–water partition coefficient (Wildman–Crippen LogP) is 4.48. The van der Waals surface area contributed by atoms with Crippen LogP contribution < -0.4 is 0 Å². The summed E-state index contributed by atoms with van der Waals surface area (Å²) in [6, 6.07) is 0. The van der Waals surface area contributed by atoms with Crippen molar-refractivity contribution in [1.82, 2.24) is 0 Å². The van der Waals surface area contributed by atoms with Crippen LogP contribution in [-0.2, 0) is 4.79 Å². The van der Waals surface area contributed by atoms with Gasteiger partial charge < -0.3 is 15.3 Å². The molecule has 0 radical (unpaired) electrons. The van der Waals surface area contributed by atoms with E-state index in [0.717, 1.165) is 32.1 Å². The van der Waals surface area contributed by atoms with E-state index < -0.39 is 5.97 Å². The second-order valence-corrected chi connectivity index (χ2v) is 11.4. The summed E-state index contributed by atoms with van der Waals surface area (Å²) in [6.07, 6.45) is 9.19. The topological polar surface area (TPSA) is 77.8 Å².